The van der Waals surface area contributed by atoms with E-state index in [0.29, 0.717) is 0 Å². The Bertz CT molecular complexity index is 8.00. The molecule has 0 amide bonds. The Labute approximate surface area is 94.9 Å². The summed E-state index contributed by atoms with van der Waals surface area (Å²) >= 11 is 0. The largest absolute Gasteiger partial charge is 0 e. The molecule has 0 heterocycles. The third-order valence-corrected chi connectivity index (χ3v) is 0. The molecule has 0 saturated heterocycles. The molecular formula is H5BiPbTaW. The van der Waals surface area contributed by atoms with Crippen LogP contribution in [0.3, 0.4) is 0 Å². The van der Waals surface area contributed by atoms with E-state index in [-0.39, 0.29) is 96.9 Å². The van der Waals surface area contributed by atoms with Crippen LogP contribution in [0.2, 0.25) is 0 Å². The van der Waals surface area contributed by atoms with E-state index in [1.165, 1.54) is 0 Å². The molecule has 25 valence electrons. The fourth-order valence-electron chi connectivity index (χ4n) is 0. The monoisotopic (exact) mass is 787 g/mol. The van der Waals surface area contributed by atoms with E-state index in [1.807, 2.05) is 0 Å². The van der Waals surface area contributed by atoms with Gasteiger partial charge in [0.15, 0.2) is 0 Å². The molecule has 0 rings (SSSR count). The van der Waals surface area contributed by atoms with Gasteiger partial charge in [0.1, 0.15) is 0 Å². The molecule has 0 N–H and O–H groups in total. The van der Waals surface area contributed by atoms with Gasteiger partial charge < -0.3 is 0 Å². The average molecular weight is 786 g/mol. The number of hydrogen-bond acceptors (Lipinski definition) is 0. The van der Waals surface area contributed by atoms with Gasteiger partial charge in [0, 0.05) is 43.4 Å². The minimum Gasteiger partial charge on any atom is 0 e. The van der Waals surface area contributed by atoms with Crippen molar-refractivity contribution >= 4 is 53.5 Å². The smallest absolute Gasteiger partial charge is 0 e. The fraction of sp³-hybridized carbons (Fsp3) is 0. The minimum atomic E-state index is 0. The van der Waals surface area contributed by atoms with E-state index in [9.17, 15) is 0 Å². The SMILES string of the molecule is [BiH3].[PbH2].[Ta].[W]. The van der Waals surface area contributed by atoms with E-state index >= 15 is 0 Å². The summed E-state index contributed by atoms with van der Waals surface area (Å²) in [6, 6.07) is 0. The maximum absolute atomic E-state index is 0. The minimum absolute atomic E-state index is 0. The maximum atomic E-state index is 0. The van der Waals surface area contributed by atoms with Crippen molar-refractivity contribution in [2.45, 2.75) is 0 Å². The Morgan fingerprint density at radius 1 is 1.00 bits per heavy atom. The zero-order valence-electron chi connectivity index (χ0n) is 2.27. The Morgan fingerprint density at radius 3 is 1.00 bits per heavy atom. The molecule has 0 aromatic rings. The normalized spacial score (nSPS) is 0. The third-order valence-electron chi connectivity index (χ3n) is 0. The summed E-state index contributed by atoms with van der Waals surface area (Å²) in [5, 5.41) is 0. The van der Waals surface area contributed by atoms with Gasteiger partial charge in [-0.3, -0.25) is 0 Å². The Balaban J connectivity index is 0. The van der Waals surface area contributed by atoms with Gasteiger partial charge in [-0.25, -0.2) is 0 Å². The van der Waals surface area contributed by atoms with Gasteiger partial charge >= 0.3 is 53.5 Å². The van der Waals surface area contributed by atoms with Gasteiger partial charge in [-0.2, -0.15) is 0 Å². The molecule has 0 bridgehead atoms. The summed E-state index contributed by atoms with van der Waals surface area (Å²) in [5.41, 5.74) is 0. The first-order valence-electron chi connectivity index (χ1n) is 0. The molecule has 0 aromatic carbocycles. The molecule has 0 aromatic heterocycles. The summed E-state index contributed by atoms with van der Waals surface area (Å²) in [4.78, 5) is 0. The Morgan fingerprint density at radius 2 is 1.00 bits per heavy atom. The number of hydrogen-bond donors (Lipinski definition) is 0. The van der Waals surface area contributed by atoms with Crippen LogP contribution in [-0.4, -0.2) is 53.5 Å². The van der Waals surface area contributed by atoms with Crippen molar-refractivity contribution in [2.75, 3.05) is 0 Å². The van der Waals surface area contributed by atoms with Crippen LogP contribution in [0.25, 0.3) is 0 Å². The van der Waals surface area contributed by atoms with Crippen LogP contribution in [0.1, 0.15) is 0 Å². The van der Waals surface area contributed by atoms with Crippen LogP contribution >= 0.6 is 0 Å². The Hall–Kier alpha value is 3.23. The van der Waals surface area contributed by atoms with Crippen molar-refractivity contribution < 1.29 is 43.4 Å². The van der Waals surface area contributed by atoms with Crippen LogP contribution in [-0.2, 0) is 43.4 Å². The third kappa shape index (κ3) is 8.97. The predicted molar refractivity (Wildman–Crippen MR) is 18.5 cm³/mol. The zero-order chi connectivity index (χ0) is 0. The topological polar surface area (TPSA) is 0 Å². The first-order chi connectivity index (χ1) is 0. The van der Waals surface area contributed by atoms with Crippen molar-refractivity contribution in [2.24, 2.45) is 0 Å². The van der Waals surface area contributed by atoms with Gasteiger partial charge in [-0.05, 0) is 0 Å². The predicted octanol–water partition coefficient (Wildman–Crippen LogP) is -2.11. The second-order valence-corrected chi connectivity index (χ2v) is 0. The first-order valence-corrected chi connectivity index (χ1v) is 0. The molecule has 0 aliphatic carbocycles. The molecule has 4 heteroatoms. The summed E-state index contributed by atoms with van der Waals surface area (Å²) < 4.78 is 0. The quantitative estimate of drug-likeness (QED) is 0.247. The molecule has 0 nitrogen and oxygen atoms in total. The molecule has 0 atom stereocenters. The summed E-state index contributed by atoms with van der Waals surface area (Å²) in [6.07, 6.45) is 0. The van der Waals surface area contributed by atoms with Crippen molar-refractivity contribution in [1.82, 2.24) is 0 Å². The van der Waals surface area contributed by atoms with Gasteiger partial charge in [0.25, 0.3) is 0 Å². The summed E-state index contributed by atoms with van der Waals surface area (Å²) in [5.74, 6) is 0. The molecule has 0 aliphatic rings. The van der Waals surface area contributed by atoms with E-state index in [2.05, 4.69) is 0 Å². The van der Waals surface area contributed by atoms with Gasteiger partial charge in [-0.1, -0.05) is 0 Å². The van der Waals surface area contributed by atoms with Crippen molar-refractivity contribution in [3.63, 3.8) is 0 Å². The van der Waals surface area contributed by atoms with Crippen molar-refractivity contribution in [3.05, 3.63) is 0 Å². The van der Waals surface area contributed by atoms with E-state index < -0.39 is 0 Å². The molecule has 0 fully saturated rings. The molecular weight excluding hydrogens is 781 g/mol. The van der Waals surface area contributed by atoms with Gasteiger partial charge in [-0.15, -0.1) is 0 Å². The molecule has 0 spiro atoms. The van der Waals surface area contributed by atoms with Crippen LogP contribution in [0.5, 0.6) is 0 Å². The van der Waals surface area contributed by atoms with Crippen LogP contribution in [0.4, 0.5) is 0 Å². The van der Waals surface area contributed by atoms with Crippen LogP contribution in [0, 0.1) is 0 Å². The van der Waals surface area contributed by atoms with Crippen molar-refractivity contribution in [1.29, 1.82) is 0 Å². The van der Waals surface area contributed by atoms with Gasteiger partial charge in [0.2, 0.25) is 0 Å². The molecule has 4 heavy (non-hydrogen) atoms. The molecule has 0 saturated carbocycles. The van der Waals surface area contributed by atoms with E-state index in [1.54, 1.807) is 0 Å². The first kappa shape index (κ1) is 26.9. The summed E-state index contributed by atoms with van der Waals surface area (Å²) in [7, 11) is 0. The Kier molecular flexibility index (Phi) is 110. The fourth-order valence-corrected chi connectivity index (χ4v) is 0. The van der Waals surface area contributed by atoms with Crippen LogP contribution < -0.4 is 0 Å². The number of rotatable bonds is 0. The van der Waals surface area contributed by atoms with E-state index in [4.69, 9.17) is 0 Å². The molecule has 0 unspecified atom stereocenters. The van der Waals surface area contributed by atoms with Crippen LogP contribution in [0.15, 0.2) is 0 Å². The standard InChI is InChI=1S/Bi.Pb.Ta.W.5H. The second kappa shape index (κ2) is 16.3. The maximum Gasteiger partial charge on any atom is 0 e. The zero-order valence-corrected chi connectivity index (χ0v) is 19.4. The average Bonchev–Trinajstić information content (AvgIpc) is 0. The molecule has 3 radical (unpaired) electrons. The summed E-state index contributed by atoms with van der Waals surface area (Å²) in [6.45, 7) is 0. The van der Waals surface area contributed by atoms with Crippen molar-refractivity contribution in [3.8, 4) is 0 Å². The van der Waals surface area contributed by atoms with Gasteiger partial charge in [0.05, 0.1) is 0 Å². The molecule has 0 aliphatic heterocycles. The second-order valence-electron chi connectivity index (χ2n) is 0. The van der Waals surface area contributed by atoms with E-state index in [0.717, 1.165) is 0 Å².